The van der Waals surface area contributed by atoms with E-state index >= 15 is 0 Å². The Kier molecular flexibility index (Phi) is 9.43. The molecule has 1 unspecified atom stereocenters. The van der Waals surface area contributed by atoms with Gasteiger partial charge in [0.2, 0.25) is 0 Å². The Morgan fingerprint density at radius 2 is 1.24 bits per heavy atom. The zero-order valence-corrected chi connectivity index (χ0v) is 25.1. The molecular formula is C34H34NO5PS. The van der Waals surface area contributed by atoms with Gasteiger partial charge in [0.15, 0.2) is 9.84 Å². The molecule has 6 nitrogen and oxygen atoms in total. The van der Waals surface area contributed by atoms with Gasteiger partial charge >= 0.3 is 7.60 Å². The van der Waals surface area contributed by atoms with Gasteiger partial charge in [-0.15, -0.1) is 0 Å². The van der Waals surface area contributed by atoms with E-state index in [1.54, 1.807) is 36.4 Å². The first-order valence-electron chi connectivity index (χ1n) is 14.0. The van der Waals surface area contributed by atoms with E-state index in [0.717, 1.165) is 22.8 Å². The molecule has 0 amide bonds. The molecule has 0 saturated carbocycles. The highest BCUT2D eigenvalue weighted by Crippen LogP contribution is 2.53. The van der Waals surface area contributed by atoms with Crippen molar-refractivity contribution < 1.29 is 22.0 Å². The normalized spacial score (nSPS) is 12.6. The molecule has 0 bridgehead atoms. The Balaban J connectivity index is 1.39. The molecule has 216 valence electrons. The number of para-hydroxylation sites is 2. The SMILES string of the molecule is CCCC(NCc1ccccc1CS(=O)(=O)c1ccc2ccccc2c1)P(=O)(Oc1ccccc1)Oc1ccccc1. The van der Waals surface area contributed by atoms with E-state index in [1.165, 1.54) is 0 Å². The first-order chi connectivity index (χ1) is 20.4. The molecule has 0 aliphatic rings. The lowest BCUT2D eigenvalue weighted by Crippen LogP contribution is -2.32. The van der Waals surface area contributed by atoms with Crippen molar-refractivity contribution in [1.29, 1.82) is 0 Å². The van der Waals surface area contributed by atoms with Gasteiger partial charge in [-0.25, -0.2) is 13.0 Å². The van der Waals surface area contributed by atoms with Crippen molar-refractivity contribution in [3.8, 4) is 11.5 Å². The van der Waals surface area contributed by atoms with Crippen molar-refractivity contribution in [3.63, 3.8) is 0 Å². The molecule has 0 aliphatic heterocycles. The Hall–Kier alpha value is -3.90. The number of hydrogen-bond donors (Lipinski definition) is 1. The molecular weight excluding hydrogens is 565 g/mol. The van der Waals surface area contributed by atoms with Crippen LogP contribution in [-0.4, -0.2) is 14.2 Å². The second-order valence-corrected chi connectivity index (χ2v) is 14.1. The summed E-state index contributed by atoms with van der Waals surface area (Å²) in [7, 11) is -7.40. The third-order valence-electron chi connectivity index (χ3n) is 6.97. The lowest BCUT2D eigenvalue weighted by atomic mass is 10.1. The first-order valence-corrected chi connectivity index (χ1v) is 17.2. The summed E-state index contributed by atoms with van der Waals surface area (Å²) < 4.78 is 53.6. The van der Waals surface area contributed by atoms with Gasteiger partial charge in [0.25, 0.3) is 0 Å². The van der Waals surface area contributed by atoms with Crippen LogP contribution in [0.2, 0.25) is 0 Å². The Morgan fingerprint density at radius 1 is 0.690 bits per heavy atom. The minimum atomic E-state index is -3.78. The van der Waals surface area contributed by atoms with E-state index in [2.05, 4.69) is 5.32 Å². The van der Waals surface area contributed by atoms with E-state index in [1.807, 2.05) is 97.9 Å². The highest BCUT2D eigenvalue weighted by Gasteiger charge is 2.38. The molecule has 0 saturated heterocycles. The molecule has 8 heteroatoms. The van der Waals surface area contributed by atoms with Crippen LogP contribution < -0.4 is 14.4 Å². The van der Waals surface area contributed by atoms with Gasteiger partial charge in [-0.1, -0.05) is 104 Å². The number of rotatable bonds is 13. The zero-order chi connectivity index (χ0) is 29.4. The molecule has 5 aromatic rings. The van der Waals surface area contributed by atoms with Crippen LogP contribution in [0.25, 0.3) is 10.8 Å². The van der Waals surface area contributed by atoms with Crippen LogP contribution in [0.4, 0.5) is 0 Å². The van der Waals surface area contributed by atoms with Crippen molar-refractivity contribution in [2.75, 3.05) is 0 Å². The summed E-state index contributed by atoms with van der Waals surface area (Å²) in [5, 5.41) is 5.27. The van der Waals surface area contributed by atoms with Gasteiger partial charge in [-0.3, -0.25) is 5.32 Å². The van der Waals surface area contributed by atoms with E-state index in [0.29, 0.717) is 23.5 Å². The van der Waals surface area contributed by atoms with Crippen LogP contribution in [0, 0.1) is 0 Å². The molecule has 1 N–H and O–H groups in total. The summed E-state index contributed by atoms with van der Waals surface area (Å²) in [6, 6.07) is 38.3. The van der Waals surface area contributed by atoms with Crippen molar-refractivity contribution in [2.45, 2.75) is 42.7 Å². The highest BCUT2D eigenvalue weighted by molar-refractivity contribution is 7.90. The molecule has 1 atom stereocenters. The van der Waals surface area contributed by atoms with Crippen LogP contribution in [0.15, 0.2) is 132 Å². The Labute approximate surface area is 247 Å². The van der Waals surface area contributed by atoms with Crippen molar-refractivity contribution in [3.05, 3.63) is 139 Å². The molecule has 5 rings (SSSR count). The van der Waals surface area contributed by atoms with E-state index < -0.39 is 23.2 Å². The molecule has 0 aliphatic carbocycles. The van der Waals surface area contributed by atoms with Crippen LogP contribution in [0.1, 0.15) is 30.9 Å². The van der Waals surface area contributed by atoms with Gasteiger partial charge in [0, 0.05) is 6.54 Å². The zero-order valence-electron chi connectivity index (χ0n) is 23.4. The Bertz CT molecular complexity index is 1730. The third kappa shape index (κ3) is 7.29. The molecule has 5 aromatic carbocycles. The van der Waals surface area contributed by atoms with Gasteiger partial charge in [-0.2, -0.15) is 0 Å². The minimum Gasteiger partial charge on any atom is -0.415 e. The quantitative estimate of drug-likeness (QED) is 0.137. The predicted octanol–water partition coefficient (Wildman–Crippen LogP) is 8.38. The summed E-state index contributed by atoms with van der Waals surface area (Å²) in [5.41, 5.74) is 1.48. The summed E-state index contributed by atoms with van der Waals surface area (Å²) in [5.74, 6) is 0.0940. The van der Waals surface area contributed by atoms with E-state index in [-0.39, 0.29) is 17.2 Å². The number of nitrogens with one attached hydrogen (secondary N) is 1. The molecule has 0 heterocycles. The third-order valence-corrected chi connectivity index (χ3v) is 10.8. The average Bonchev–Trinajstić information content (AvgIpc) is 3.00. The molecule has 0 aromatic heterocycles. The number of hydrogen-bond acceptors (Lipinski definition) is 6. The van der Waals surface area contributed by atoms with E-state index in [4.69, 9.17) is 9.05 Å². The van der Waals surface area contributed by atoms with Gasteiger partial charge in [0.1, 0.15) is 17.3 Å². The molecule has 0 radical (unpaired) electrons. The fourth-order valence-electron chi connectivity index (χ4n) is 4.80. The summed E-state index contributed by atoms with van der Waals surface area (Å²) in [6.07, 6.45) is 1.25. The number of fused-ring (bicyclic) bond motifs is 1. The molecule has 0 spiro atoms. The molecule has 0 fully saturated rings. The lowest BCUT2D eigenvalue weighted by Gasteiger charge is -2.28. The first kappa shape index (κ1) is 29.6. The summed E-state index contributed by atoms with van der Waals surface area (Å²) >= 11 is 0. The second-order valence-electron chi connectivity index (χ2n) is 10.1. The number of benzene rings is 5. The van der Waals surface area contributed by atoms with Crippen LogP contribution >= 0.6 is 7.60 Å². The van der Waals surface area contributed by atoms with Crippen molar-refractivity contribution in [2.24, 2.45) is 0 Å². The van der Waals surface area contributed by atoms with Gasteiger partial charge in [0.05, 0.1) is 10.6 Å². The van der Waals surface area contributed by atoms with E-state index in [9.17, 15) is 13.0 Å². The number of sulfone groups is 1. The Morgan fingerprint density at radius 3 is 1.86 bits per heavy atom. The van der Waals surface area contributed by atoms with Gasteiger partial charge < -0.3 is 9.05 Å². The van der Waals surface area contributed by atoms with Crippen LogP contribution in [-0.2, 0) is 26.7 Å². The summed E-state index contributed by atoms with van der Waals surface area (Å²) in [6.45, 7) is 2.29. The smallest absolute Gasteiger partial charge is 0.415 e. The predicted molar refractivity (Wildman–Crippen MR) is 169 cm³/mol. The van der Waals surface area contributed by atoms with Crippen molar-refractivity contribution in [1.82, 2.24) is 5.32 Å². The fourth-order valence-corrected chi connectivity index (χ4v) is 8.25. The maximum atomic E-state index is 14.5. The maximum absolute atomic E-state index is 14.5. The molecule has 42 heavy (non-hydrogen) atoms. The minimum absolute atomic E-state index is 0.152. The maximum Gasteiger partial charge on any atom is 0.447 e. The fraction of sp³-hybridized carbons (Fsp3) is 0.176. The van der Waals surface area contributed by atoms with Crippen molar-refractivity contribution >= 4 is 28.2 Å². The largest absolute Gasteiger partial charge is 0.447 e. The van der Waals surface area contributed by atoms with Gasteiger partial charge in [-0.05, 0) is 64.7 Å². The second kappa shape index (κ2) is 13.4. The summed E-state index contributed by atoms with van der Waals surface area (Å²) in [4.78, 5) is 0.282. The monoisotopic (exact) mass is 599 g/mol. The highest BCUT2D eigenvalue weighted by atomic mass is 32.2. The van der Waals surface area contributed by atoms with Crippen LogP contribution in [0.3, 0.4) is 0 Å². The lowest BCUT2D eigenvalue weighted by molar-refractivity contribution is 0.353. The standard InChI is InChI=1S/C34H34NO5PS/c1-2-13-34(41(36,39-31-18-5-3-6-19-31)40-32-20-7-4-8-21-32)35-25-29-16-11-12-17-30(29)26-42(37,38)33-23-22-27-14-9-10-15-28(27)24-33/h3-12,14-24,34-35H,2,13,25-26H2,1H3. The van der Waals surface area contributed by atoms with Crippen LogP contribution in [0.5, 0.6) is 11.5 Å². The average molecular weight is 600 g/mol. The topological polar surface area (TPSA) is 81.7 Å².